The summed E-state index contributed by atoms with van der Waals surface area (Å²) >= 11 is 1.05. The van der Waals surface area contributed by atoms with Crippen molar-refractivity contribution in [2.45, 2.75) is 26.4 Å². The van der Waals surface area contributed by atoms with E-state index in [0.29, 0.717) is 0 Å². The van der Waals surface area contributed by atoms with Gasteiger partial charge >= 0.3 is 6.18 Å². The first-order valence-corrected chi connectivity index (χ1v) is 6.60. The lowest BCUT2D eigenvalue weighted by Crippen LogP contribution is -2.31. The normalized spacial score (nSPS) is 12.6. The Morgan fingerprint density at radius 1 is 1.40 bits per heavy atom. The van der Waals surface area contributed by atoms with Crippen molar-refractivity contribution in [3.63, 3.8) is 0 Å². The maximum absolute atomic E-state index is 12.7. The van der Waals surface area contributed by atoms with E-state index in [-0.39, 0.29) is 4.88 Å². The van der Waals surface area contributed by atoms with E-state index in [0.717, 1.165) is 11.3 Å². The number of Topliss-reactive ketones (excluding diaryl/α,β-unsaturated/α-hetero) is 1. The summed E-state index contributed by atoms with van der Waals surface area (Å²) in [4.78, 5) is 23.1. The monoisotopic (exact) mass is 306 g/mol. The number of hydrazone groups is 1. The number of amides is 1. The molecule has 0 spiro atoms. The Bertz CT molecular complexity index is 507. The largest absolute Gasteiger partial charge is 0.431 e. The molecule has 0 aliphatic carbocycles. The van der Waals surface area contributed by atoms with Crippen LogP contribution >= 0.6 is 11.3 Å². The highest BCUT2D eigenvalue weighted by molar-refractivity contribution is 7.12. The number of carbonyl (C=O) groups is 2. The minimum Gasteiger partial charge on any atom is -0.293 e. The standard InChI is InChI=1S/C12H13F3N2O2S/c1-7(2)11(19)17-16-10(12(13,14)15)6-8(18)9-4-3-5-20-9/h3-5,7H,6H2,1-2H3,(H,17,19)/b16-10+. The quantitative estimate of drug-likeness (QED) is 0.516. The highest BCUT2D eigenvalue weighted by Gasteiger charge is 2.37. The topological polar surface area (TPSA) is 58.5 Å². The fourth-order valence-corrected chi connectivity index (χ4v) is 1.80. The van der Waals surface area contributed by atoms with Crippen molar-refractivity contribution in [3.05, 3.63) is 22.4 Å². The number of nitrogens with zero attached hydrogens (tertiary/aromatic N) is 1. The van der Waals surface area contributed by atoms with Gasteiger partial charge in [0.05, 0.1) is 11.3 Å². The van der Waals surface area contributed by atoms with E-state index in [9.17, 15) is 22.8 Å². The fourth-order valence-electron chi connectivity index (χ4n) is 1.13. The molecule has 0 aromatic carbocycles. The smallest absolute Gasteiger partial charge is 0.293 e. The van der Waals surface area contributed by atoms with E-state index >= 15 is 0 Å². The van der Waals surface area contributed by atoms with Crippen LogP contribution in [0.1, 0.15) is 29.9 Å². The van der Waals surface area contributed by atoms with Gasteiger partial charge in [-0.1, -0.05) is 19.9 Å². The number of hydrogen-bond donors (Lipinski definition) is 1. The number of hydrogen-bond acceptors (Lipinski definition) is 4. The lowest BCUT2D eigenvalue weighted by molar-refractivity contribution is -0.124. The summed E-state index contributed by atoms with van der Waals surface area (Å²) in [6.45, 7) is 3.05. The molecule has 1 aromatic heterocycles. The average Bonchev–Trinajstić information content (AvgIpc) is 2.85. The fraction of sp³-hybridized carbons (Fsp3) is 0.417. The van der Waals surface area contributed by atoms with Crippen LogP contribution in [0.15, 0.2) is 22.6 Å². The molecule has 0 unspecified atom stereocenters. The van der Waals surface area contributed by atoms with Crippen molar-refractivity contribution < 1.29 is 22.8 Å². The molecule has 1 aromatic rings. The van der Waals surface area contributed by atoms with Crippen LogP contribution in [0.25, 0.3) is 0 Å². The highest BCUT2D eigenvalue weighted by atomic mass is 32.1. The van der Waals surface area contributed by atoms with E-state index in [1.165, 1.54) is 19.9 Å². The molecule has 1 heterocycles. The lowest BCUT2D eigenvalue weighted by atomic mass is 10.1. The van der Waals surface area contributed by atoms with E-state index < -0.39 is 35.9 Å². The SMILES string of the molecule is CC(C)C(=O)N/N=C(\CC(=O)c1cccs1)C(F)(F)F. The van der Waals surface area contributed by atoms with Crippen LogP contribution in [0.4, 0.5) is 13.2 Å². The highest BCUT2D eigenvalue weighted by Crippen LogP contribution is 2.22. The van der Waals surface area contributed by atoms with E-state index in [4.69, 9.17) is 0 Å². The number of halogens is 3. The van der Waals surface area contributed by atoms with Gasteiger partial charge in [-0.2, -0.15) is 18.3 Å². The number of alkyl halides is 3. The molecule has 20 heavy (non-hydrogen) atoms. The Morgan fingerprint density at radius 2 is 2.05 bits per heavy atom. The molecule has 0 atom stereocenters. The summed E-state index contributed by atoms with van der Waals surface area (Å²) in [5, 5.41) is 4.64. The van der Waals surface area contributed by atoms with Gasteiger partial charge in [-0.25, -0.2) is 5.43 Å². The molecular weight excluding hydrogens is 293 g/mol. The predicted molar refractivity (Wildman–Crippen MR) is 69.7 cm³/mol. The molecule has 0 bridgehead atoms. The van der Waals surface area contributed by atoms with Crippen LogP contribution in [0.2, 0.25) is 0 Å². The molecule has 1 N–H and O–H groups in total. The number of ketones is 1. The first kappa shape index (κ1) is 16.4. The zero-order valence-electron chi connectivity index (χ0n) is 10.8. The van der Waals surface area contributed by atoms with Crippen molar-refractivity contribution in [1.29, 1.82) is 0 Å². The number of thiophene rings is 1. The zero-order valence-corrected chi connectivity index (χ0v) is 11.6. The molecule has 8 heteroatoms. The van der Waals surface area contributed by atoms with Crippen LogP contribution in [-0.2, 0) is 4.79 Å². The second-order valence-electron chi connectivity index (χ2n) is 4.26. The molecule has 4 nitrogen and oxygen atoms in total. The van der Waals surface area contributed by atoms with Crippen LogP contribution in [-0.4, -0.2) is 23.6 Å². The minimum absolute atomic E-state index is 0.220. The number of nitrogens with one attached hydrogen (secondary N) is 1. The predicted octanol–water partition coefficient (Wildman–Crippen LogP) is 3.01. The summed E-state index contributed by atoms with van der Waals surface area (Å²) in [5.41, 5.74) is 0.505. The summed E-state index contributed by atoms with van der Waals surface area (Å²) in [7, 11) is 0. The molecule has 1 amide bonds. The Morgan fingerprint density at radius 3 is 2.50 bits per heavy atom. The van der Waals surface area contributed by atoms with Crippen LogP contribution in [0.3, 0.4) is 0 Å². The van der Waals surface area contributed by atoms with Crippen molar-refractivity contribution in [3.8, 4) is 0 Å². The van der Waals surface area contributed by atoms with Crippen molar-refractivity contribution >= 4 is 28.7 Å². The van der Waals surface area contributed by atoms with E-state index in [2.05, 4.69) is 5.10 Å². The van der Waals surface area contributed by atoms with Gasteiger partial charge in [0.1, 0.15) is 5.71 Å². The second kappa shape index (κ2) is 6.65. The van der Waals surface area contributed by atoms with Gasteiger partial charge in [0.2, 0.25) is 5.91 Å². The van der Waals surface area contributed by atoms with Crippen molar-refractivity contribution in [2.75, 3.05) is 0 Å². The molecule has 0 radical (unpaired) electrons. The number of carbonyl (C=O) groups excluding carboxylic acids is 2. The van der Waals surface area contributed by atoms with Gasteiger partial charge in [-0.15, -0.1) is 11.3 Å². The minimum atomic E-state index is -4.77. The third kappa shape index (κ3) is 4.76. The van der Waals surface area contributed by atoms with Gasteiger partial charge in [-0.05, 0) is 11.4 Å². The Labute approximate surface area is 117 Å². The molecule has 0 fully saturated rings. The third-order valence-corrected chi connectivity index (χ3v) is 3.19. The van der Waals surface area contributed by atoms with Gasteiger partial charge in [0.25, 0.3) is 0 Å². The first-order chi connectivity index (χ1) is 9.21. The van der Waals surface area contributed by atoms with Gasteiger partial charge < -0.3 is 0 Å². The van der Waals surface area contributed by atoms with Gasteiger partial charge in [0.15, 0.2) is 5.78 Å². The molecular formula is C12H13F3N2O2S. The summed E-state index contributed by atoms with van der Waals surface area (Å²) in [6, 6.07) is 3.01. The van der Waals surface area contributed by atoms with Crippen LogP contribution < -0.4 is 5.43 Å². The Hall–Kier alpha value is -1.70. The second-order valence-corrected chi connectivity index (χ2v) is 5.21. The molecule has 110 valence electrons. The van der Waals surface area contributed by atoms with E-state index in [1.807, 2.05) is 5.43 Å². The molecule has 0 saturated carbocycles. The van der Waals surface area contributed by atoms with Crippen LogP contribution in [0, 0.1) is 5.92 Å². The number of rotatable bonds is 5. The van der Waals surface area contributed by atoms with Crippen molar-refractivity contribution in [1.82, 2.24) is 5.43 Å². The van der Waals surface area contributed by atoms with Gasteiger partial charge in [0, 0.05) is 5.92 Å². The van der Waals surface area contributed by atoms with Crippen LogP contribution in [0.5, 0.6) is 0 Å². The van der Waals surface area contributed by atoms with Crippen molar-refractivity contribution in [2.24, 2.45) is 11.0 Å². The third-order valence-electron chi connectivity index (χ3n) is 2.28. The van der Waals surface area contributed by atoms with E-state index in [1.54, 1.807) is 11.4 Å². The molecule has 0 aliphatic rings. The first-order valence-electron chi connectivity index (χ1n) is 5.72. The molecule has 0 aliphatic heterocycles. The Balaban J connectivity index is 2.83. The molecule has 0 saturated heterocycles. The molecule has 1 rings (SSSR count). The van der Waals surface area contributed by atoms with Gasteiger partial charge in [-0.3, -0.25) is 9.59 Å². The zero-order chi connectivity index (χ0) is 15.3. The maximum atomic E-state index is 12.7. The maximum Gasteiger partial charge on any atom is 0.431 e. The Kier molecular flexibility index (Phi) is 5.43. The summed E-state index contributed by atoms with van der Waals surface area (Å²) in [5.74, 6) is -1.83. The average molecular weight is 306 g/mol. The summed E-state index contributed by atoms with van der Waals surface area (Å²) < 4.78 is 38.2. The summed E-state index contributed by atoms with van der Waals surface area (Å²) in [6.07, 6.45) is -5.67. The lowest BCUT2D eigenvalue weighted by Gasteiger charge is -2.10.